The van der Waals surface area contributed by atoms with Crippen LogP contribution in [-0.2, 0) is 4.74 Å². The quantitative estimate of drug-likeness (QED) is 0.287. The Balaban J connectivity index is 0.970. The number of hydrogen-bond acceptors (Lipinski definition) is 5. The highest BCUT2D eigenvalue weighted by Crippen LogP contribution is 2.42. The summed E-state index contributed by atoms with van der Waals surface area (Å²) in [6.07, 6.45) is 7.31. The monoisotopic (exact) mass is 548 g/mol. The summed E-state index contributed by atoms with van der Waals surface area (Å²) in [5.41, 5.74) is 4.58. The van der Waals surface area contributed by atoms with Crippen LogP contribution in [0.1, 0.15) is 60.5 Å². The molecule has 4 aliphatic rings. The number of nitrogens with one attached hydrogen (secondary N) is 2. The molecule has 0 radical (unpaired) electrons. The largest absolute Gasteiger partial charge is 0.490 e. The zero-order valence-corrected chi connectivity index (χ0v) is 23.2. The molecule has 3 aromatic carbocycles. The van der Waals surface area contributed by atoms with Gasteiger partial charge >= 0.3 is 0 Å². The summed E-state index contributed by atoms with van der Waals surface area (Å²) in [5, 5.41) is 12.0. The number of carbonyl (C=O) groups is 1. The lowest BCUT2D eigenvalue weighted by Crippen LogP contribution is -2.57. The molecular formula is C34H36N4O3. The maximum atomic E-state index is 13.4. The second-order valence-corrected chi connectivity index (χ2v) is 12.3. The number of aromatic nitrogens is 2. The summed E-state index contributed by atoms with van der Waals surface area (Å²) in [5.74, 6) is 1.37. The molecule has 8 rings (SSSR count). The second-order valence-electron chi connectivity index (χ2n) is 12.3. The third-order valence-corrected chi connectivity index (χ3v) is 9.58. The topological polar surface area (TPSA) is 79.5 Å². The van der Waals surface area contributed by atoms with Gasteiger partial charge in [-0.2, -0.15) is 5.10 Å². The van der Waals surface area contributed by atoms with Gasteiger partial charge in [-0.3, -0.25) is 14.8 Å². The molecule has 210 valence electrons. The summed E-state index contributed by atoms with van der Waals surface area (Å²) >= 11 is 0. The Hall–Kier alpha value is -3.68. The number of aromatic amines is 1. The van der Waals surface area contributed by atoms with Gasteiger partial charge < -0.3 is 14.8 Å². The minimum atomic E-state index is -0.0478. The van der Waals surface area contributed by atoms with Crippen molar-refractivity contribution in [3.8, 4) is 17.0 Å². The van der Waals surface area contributed by atoms with Crippen LogP contribution < -0.4 is 10.1 Å². The zero-order chi connectivity index (χ0) is 27.3. The molecule has 1 saturated carbocycles. The van der Waals surface area contributed by atoms with Gasteiger partial charge in [0.25, 0.3) is 5.91 Å². The lowest BCUT2D eigenvalue weighted by Gasteiger charge is -2.46. The molecule has 3 saturated heterocycles. The number of fused-ring (bicyclic) bond motifs is 3. The van der Waals surface area contributed by atoms with E-state index in [9.17, 15) is 4.79 Å². The fraction of sp³-hybridized carbons (Fsp3) is 0.412. The fourth-order valence-electron chi connectivity index (χ4n) is 7.30. The van der Waals surface area contributed by atoms with E-state index in [0.717, 1.165) is 66.8 Å². The van der Waals surface area contributed by atoms with E-state index in [1.165, 1.54) is 18.4 Å². The van der Waals surface area contributed by atoms with Crippen LogP contribution >= 0.6 is 0 Å². The smallest absolute Gasteiger partial charge is 0.251 e. The van der Waals surface area contributed by atoms with E-state index >= 15 is 0 Å². The maximum Gasteiger partial charge on any atom is 0.251 e. The first-order chi connectivity index (χ1) is 20.2. The third-order valence-electron chi connectivity index (χ3n) is 9.58. The normalized spacial score (nSPS) is 25.1. The standard InChI is InChI=1S/C34H36N4O3/c39-34(35-32(22-6-7-22)21-4-2-1-3-5-21)24-10-15-31-30(16-24)33(37-36-31)23-8-13-28(14-9-23)41-29-17-25-11-12-26(18-29)38(25)27-19-40-20-27/h1-5,8-10,13-16,22,25-27,29,32H,6-7,11-12,17-20H2,(H,35,39)(H,36,37)/t25-,26+,29+,32-/m1/s1. The van der Waals surface area contributed by atoms with Gasteiger partial charge in [0.15, 0.2) is 0 Å². The van der Waals surface area contributed by atoms with Crippen LogP contribution in [0.3, 0.4) is 0 Å². The minimum Gasteiger partial charge on any atom is -0.490 e. The molecule has 2 N–H and O–H groups in total. The predicted molar refractivity (Wildman–Crippen MR) is 158 cm³/mol. The molecule has 4 heterocycles. The van der Waals surface area contributed by atoms with Crippen molar-refractivity contribution in [2.45, 2.75) is 68.8 Å². The minimum absolute atomic E-state index is 0.0467. The van der Waals surface area contributed by atoms with Gasteiger partial charge in [-0.05, 0) is 92.5 Å². The van der Waals surface area contributed by atoms with Gasteiger partial charge in [0.2, 0.25) is 0 Å². The number of nitrogens with zero attached hydrogens (tertiary/aromatic N) is 2. The first-order valence-electron chi connectivity index (χ1n) is 15.2. The van der Waals surface area contributed by atoms with Crippen molar-refractivity contribution in [3.05, 3.63) is 83.9 Å². The number of rotatable bonds is 8. The van der Waals surface area contributed by atoms with Crippen LogP contribution in [0.2, 0.25) is 0 Å². The van der Waals surface area contributed by atoms with Crippen LogP contribution in [-0.4, -0.2) is 58.4 Å². The van der Waals surface area contributed by atoms with E-state index in [-0.39, 0.29) is 18.1 Å². The molecule has 3 aliphatic heterocycles. The zero-order valence-electron chi connectivity index (χ0n) is 23.2. The number of hydrogen-bond donors (Lipinski definition) is 2. The van der Waals surface area contributed by atoms with Crippen molar-refractivity contribution >= 4 is 16.8 Å². The Morgan fingerprint density at radius 2 is 1.68 bits per heavy atom. The van der Waals surface area contributed by atoms with E-state index in [1.807, 2.05) is 36.4 Å². The average molecular weight is 549 g/mol. The van der Waals surface area contributed by atoms with Crippen LogP contribution in [0.5, 0.6) is 5.75 Å². The lowest BCUT2D eigenvalue weighted by molar-refractivity contribution is -0.102. The average Bonchev–Trinajstić information content (AvgIpc) is 3.68. The van der Waals surface area contributed by atoms with Gasteiger partial charge in [-0.25, -0.2) is 0 Å². The highest BCUT2D eigenvalue weighted by molar-refractivity contribution is 6.01. The summed E-state index contributed by atoms with van der Waals surface area (Å²) in [4.78, 5) is 16.1. The van der Waals surface area contributed by atoms with E-state index < -0.39 is 0 Å². The Bertz CT molecular complexity index is 1530. The fourth-order valence-corrected chi connectivity index (χ4v) is 7.30. The summed E-state index contributed by atoms with van der Waals surface area (Å²) < 4.78 is 11.9. The SMILES string of the molecule is O=C(N[C@H](c1ccccc1)C1CC1)c1ccc2[nH]nc(-c3ccc(O[C@H]4C[C@H]5CC[C@@H](C4)N5C4COC4)cc3)c2c1. The molecule has 1 aromatic heterocycles. The Labute approximate surface area is 240 Å². The predicted octanol–water partition coefficient (Wildman–Crippen LogP) is 5.88. The molecule has 41 heavy (non-hydrogen) atoms. The van der Waals surface area contributed by atoms with Gasteiger partial charge in [-0.15, -0.1) is 0 Å². The van der Waals surface area contributed by atoms with E-state index in [1.54, 1.807) is 0 Å². The molecule has 0 spiro atoms. The number of amides is 1. The van der Waals surface area contributed by atoms with Crippen molar-refractivity contribution in [3.63, 3.8) is 0 Å². The molecule has 7 heteroatoms. The Morgan fingerprint density at radius 3 is 2.37 bits per heavy atom. The summed E-state index contributed by atoms with van der Waals surface area (Å²) in [6.45, 7) is 1.78. The van der Waals surface area contributed by atoms with Crippen LogP contribution in [0.15, 0.2) is 72.8 Å². The van der Waals surface area contributed by atoms with E-state index in [4.69, 9.17) is 9.47 Å². The van der Waals surface area contributed by atoms with Crippen LogP contribution in [0, 0.1) is 5.92 Å². The molecule has 0 unspecified atom stereocenters. The van der Waals surface area contributed by atoms with E-state index in [2.05, 4.69) is 56.8 Å². The summed E-state index contributed by atoms with van der Waals surface area (Å²) in [7, 11) is 0. The van der Waals surface area contributed by atoms with Crippen molar-refractivity contribution < 1.29 is 14.3 Å². The molecular weight excluding hydrogens is 512 g/mol. The highest BCUT2D eigenvalue weighted by atomic mass is 16.5. The van der Waals surface area contributed by atoms with Gasteiger partial charge in [0.05, 0.1) is 36.5 Å². The molecule has 4 aromatic rings. The summed E-state index contributed by atoms with van der Waals surface area (Å²) in [6, 6.07) is 26.3. The first kappa shape index (κ1) is 25.1. The van der Waals surface area contributed by atoms with Gasteiger partial charge in [0.1, 0.15) is 11.9 Å². The number of piperidine rings is 1. The Kier molecular flexibility index (Phi) is 6.30. The number of carbonyl (C=O) groups excluding carboxylic acids is 1. The first-order valence-corrected chi connectivity index (χ1v) is 15.2. The second kappa shape index (κ2) is 10.3. The molecule has 4 fully saturated rings. The number of benzene rings is 3. The van der Waals surface area contributed by atoms with E-state index in [0.29, 0.717) is 29.6 Å². The van der Waals surface area contributed by atoms with Crippen molar-refractivity contribution in [2.75, 3.05) is 13.2 Å². The molecule has 2 bridgehead atoms. The van der Waals surface area contributed by atoms with Crippen molar-refractivity contribution in [1.82, 2.24) is 20.4 Å². The lowest BCUT2D eigenvalue weighted by atomic mass is 9.96. The van der Waals surface area contributed by atoms with Gasteiger partial charge in [-0.1, -0.05) is 30.3 Å². The molecule has 1 amide bonds. The van der Waals surface area contributed by atoms with Crippen molar-refractivity contribution in [1.29, 1.82) is 0 Å². The number of H-pyrrole nitrogens is 1. The third kappa shape index (κ3) is 4.81. The van der Waals surface area contributed by atoms with Crippen molar-refractivity contribution in [2.24, 2.45) is 5.92 Å². The molecule has 4 atom stereocenters. The van der Waals surface area contributed by atoms with Crippen LogP contribution in [0.25, 0.3) is 22.2 Å². The van der Waals surface area contributed by atoms with Gasteiger partial charge in [0, 0.05) is 28.6 Å². The molecule has 1 aliphatic carbocycles. The van der Waals surface area contributed by atoms with Crippen LogP contribution in [0.4, 0.5) is 0 Å². The molecule has 7 nitrogen and oxygen atoms in total. The highest BCUT2D eigenvalue weighted by Gasteiger charge is 2.46. The Morgan fingerprint density at radius 1 is 0.927 bits per heavy atom. The maximum absolute atomic E-state index is 13.4. The number of ether oxygens (including phenoxy) is 2.